The van der Waals surface area contributed by atoms with Crippen molar-refractivity contribution in [1.82, 2.24) is 4.90 Å². The van der Waals surface area contributed by atoms with Crippen LogP contribution in [0.15, 0.2) is 42.5 Å². The van der Waals surface area contributed by atoms with Crippen LogP contribution in [0.4, 0.5) is 5.69 Å². The highest BCUT2D eigenvalue weighted by atomic mass is 35.5. The lowest BCUT2D eigenvalue weighted by molar-refractivity contribution is -0.157. The molecule has 0 spiro atoms. The predicted octanol–water partition coefficient (Wildman–Crippen LogP) is 3.71. The molecule has 1 unspecified atom stereocenters. The van der Waals surface area contributed by atoms with Crippen molar-refractivity contribution in [3.05, 3.63) is 58.1 Å². The zero-order valence-corrected chi connectivity index (χ0v) is 18.3. The van der Waals surface area contributed by atoms with Gasteiger partial charge in [0.25, 0.3) is 5.91 Å². The molecule has 0 aliphatic rings. The van der Waals surface area contributed by atoms with E-state index in [1.165, 1.54) is 31.0 Å². The third kappa shape index (κ3) is 7.24. The molecule has 0 aromatic heterocycles. The summed E-state index contributed by atoms with van der Waals surface area (Å²) in [7, 11) is 1.44. The molecule has 30 heavy (non-hydrogen) atoms. The first-order valence-corrected chi connectivity index (χ1v) is 9.80. The topological polar surface area (TPSA) is 84.9 Å². The van der Waals surface area contributed by atoms with Crippen LogP contribution in [-0.2, 0) is 19.1 Å². The monoisotopic (exact) mass is 452 g/mol. The first kappa shape index (κ1) is 23.5. The standard InChI is InChI=1S/C21H22Cl2N2O5/c1-13-4-7-16(8-5-13)24-19(26)11-25(3)20(27)12-29-21(28)14(2)30-18-9-6-15(22)10-17(18)23/h4-10,14H,11-12H2,1-3H3,(H,24,26). The fourth-order valence-corrected chi connectivity index (χ4v) is 2.76. The third-order valence-electron chi connectivity index (χ3n) is 4.01. The zero-order valence-electron chi connectivity index (χ0n) is 16.8. The van der Waals surface area contributed by atoms with Gasteiger partial charge < -0.3 is 19.7 Å². The van der Waals surface area contributed by atoms with Crippen molar-refractivity contribution in [1.29, 1.82) is 0 Å². The van der Waals surface area contributed by atoms with Crippen molar-refractivity contribution < 1.29 is 23.9 Å². The number of amides is 2. The van der Waals surface area contributed by atoms with Crippen LogP contribution in [0.3, 0.4) is 0 Å². The minimum absolute atomic E-state index is 0.184. The normalized spacial score (nSPS) is 11.4. The van der Waals surface area contributed by atoms with Crippen LogP contribution >= 0.6 is 23.2 Å². The molecule has 0 saturated carbocycles. The largest absolute Gasteiger partial charge is 0.477 e. The Balaban J connectivity index is 1.78. The Morgan fingerprint density at radius 3 is 2.40 bits per heavy atom. The molecule has 0 fully saturated rings. The number of esters is 1. The van der Waals surface area contributed by atoms with Gasteiger partial charge in [-0.05, 0) is 44.2 Å². The third-order valence-corrected chi connectivity index (χ3v) is 4.54. The van der Waals surface area contributed by atoms with Gasteiger partial charge in [0.05, 0.1) is 11.6 Å². The minimum atomic E-state index is -0.994. The van der Waals surface area contributed by atoms with E-state index < -0.39 is 24.6 Å². The number of benzene rings is 2. The number of carbonyl (C=O) groups is 3. The summed E-state index contributed by atoms with van der Waals surface area (Å²) in [6.45, 7) is 2.71. The van der Waals surface area contributed by atoms with Gasteiger partial charge >= 0.3 is 5.97 Å². The van der Waals surface area contributed by atoms with Gasteiger partial charge in [-0.1, -0.05) is 40.9 Å². The van der Waals surface area contributed by atoms with Crippen molar-refractivity contribution in [3.8, 4) is 5.75 Å². The minimum Gasteiger partial charge on any atom is -0.477 e. The summed E-state index contributed by atoms with van der Waals surface area (Å²) >= 11 is 11.8. The number of nitrogens with one attached hydrogen (secondary N) is 1. The maximum atomic E-state index is 12.1. The van der Waals surface area contributed by atoms with Crippen molar-refractivity contribution in [3.63, 3.8) is 0 Å². The van der Waals surface area contributed by atoms with E-state index in [0.29, 0.717) is 10.7 Å². The summed E-state index contributed by atoms with van der Waals surface area (Å²) in [5.74, 6) is -1.37. The van der Waals surface area contributed by atoms with Gasteiger partial charge in [0.2, 0.25) is 5.91 Å². The molecule has 0 saturated heterocycles. The zero-order chi connectivity index (χ0) is 22.3. The number of ether oxygens (including phenoxy) is 2. The molecular formula is C21H22Cl2N2O5. The van der Waals surface area contributed by atoms with Crippen LogP contribution in [0.2, 0.25) is 10.0 Å². The second kappa shape index (κ2) is 10.8. The van der Waals surface area contributed by atoms with E-state index in [4.69, 9.17) is 32.7 Å². The molecule has 1 atom stereocenters. The van der Waals surface area contributed by atoms with Crippen molar-refractivity contribution >= 4 is 46.7 Å². The number of hydrogen-bond donors (Lipinski definition) is 1. The predicted molar refractivity (Wildman–Crippen MR) is 115 cm³/mol. The number of nitrogens with zero attached hydrogens (tertiary/aromatic N) is 1. The second-order valence-corrected chi connectivity index (χ2v) is 7.45. The number of carbonyl (C=O) groups excluding carboxylic acids is 3. The summed E-state index contributed by atoms with van der Waals surface area (Å²) in [4.78, 5) is 37.4. The smallest absolute Gasteiger partial charge is 0.347 e. The Morgan fingerprint density at radius 1 is 1.10 bits per heavy atom. The van der Waals surface area contributed by atoms with Gasteiger partial charge in [-0.2, -0.15) is 0 Å². The molecule has 7 nitrogen and oxygen atoms in total. The summed E-state index contributed by atoms with van der Waals surface area (Å²) in [6, 6.07) is 11.8. The molecular weight excluding hydrogens is 431 g/mol. The average molecular weight is 453 g/mol. The fraction of sp³-hybridized carbons (Fsp3) is 0.286. The maximum Gasteiger partial charge on any atom is 0.347 e. The summed E-state index contributed by atoms with van der Waals surface area (Å²) in [5, 5.41) is 3.37. The SMILES string of the molecule is Cc1ccc(NC(=O)CN(C)C(=O)COC(=O)C(C)Oc2ccc(Cl)cc2Cl)cc1. The number of anilines is 1. The molecule has 2 amide bonds. The van der Waals surface area contributed by atoms with E-state index in [1.54, 1.807) is 18.2 Å². The first-order chi connectivity index (χ1) is 14.2. The Hall–Kier alpha value is -2.77. The highest BCUT2D eigenvalue weighted by Crippen LogP contribution is 2.28. The van der Waals surface area contributed by atoms with Crippen LogP contribution < -0.4 is 10.1 Å². The molecule has 160 valence electrons. The van der Waals surface area contributed by atoms with E-state index in [-0.39, 0.29) is 23.2 Å². The number of hydrogen-bond acceptors (Lipinski definition) is 5. The van der Waals surface area contributed by atoms with Crippen LogP contribution in [0.1, 0.15) is 12.5 Å². The Kier molecular flexibility index (Phi) is 8.50. The van der Waals surface area contributed by atoms with Gasteiger partial charge in [0.15, 0.2) is 12.7 Å². The van der Waals surface area contributed by atoms with Crippen molar-refractivity contribution in [2.45, 2.75) is 20.0 Å². The van der Waals surface area contributed by atoms with E-state index in [0.717, 1.165) is 5.56 Å². The molecule has 9 heteroatoms. The van der Waals surface area contributed by atoms with Crippen LogP contribution in [0.5, 0.6) is 5.75 Å². The first-order valence-electron chi connectivity index (χ1n) is 9.04. The van der Waals surface area contributed by atoms with Crippen LogP contribution in [0, 0.1) is 6.92 Å². The van der Waals surface area contributed by atoms with Gasteiger partial charge in [-0.25, -0.2) is 4.79 Å². The molecule has 0 aliphatic carbocycles. The van der Waals surface area contributed by atoms with E-state index in [2.05, 4.69) is 5.32 Å². The van der Waals surface area contributed by atoms with E-state index in [1.807, 2.05) is 19.1 Å². The van der Waals surface area contributed by atoms with Crippen molar-refractivity contribution in [2.75, 3.05) is 25.5 Å². The highest BCUT2D eigenvalue weighted by Gasteiger charge is 2.21. The summed E-state index contributed by atoms with van der Waals surface area (Å²) in [6.07, 6.45) is -0.994. The van der Waals surface area contributed by atoms with Crippen LogP contribution in [0.25, 0.3) is 0 Å². The van der Waals surface area contributed by atoms with Gasteiger partial charge in [-0.3, -0.25) is 9.59 Å². The number of halogens is 2. The molecule has 2 aromatic rings. The molecule has 0 heterocycles. The van der Waals surface area contributed by atoms with Crippen LogP contribution in [-0.4, -0.2) is 49.0 Å². The molecule has 2 aromatic carbocycles. The quantitative estimate of drug-likeness (QED) is 0.616. The number of likely N-dealkylation sites (N-methyl/N-ethyl adjacent to an activating group) is 1. The van der Waals surface area contributed by atoms with Crippen molar-refractivity contribution in [2.24, 2.45) is 0 Å². The second-order valence-electron chi connectivity index (χ2n) is 6.61. The summed E-state index contributed by atoms with van der Waals surface area (Å²) in [5.41, 5.74) is 1.70. The number of aryl methyl sites for hydroxylation is 1. The lowest BCUT2D eigenvalue weighted by Crippen LogP contribution is -2.38. The Morgan fingerprint density at radius 2 is 1.77 bits per heavy atom. The average Bonchev–Trinajstić information content (AvgIpc) is 2.69. The molecule has 0 radical (unpaired) electrons. The molecule has 0 aliphatic heterocycles. The Labute approximate surface area is 184 Å². The van der Waals surface area contributed by atoms with Gasteiger partial charge in [0.1, 0.15) is 5.75 Å². The van der Waals surface area contributed by atoms with E-state index >= 15 is 0 Å². The van der Waals surface area contributed by atoms with Gasteiger partial charge in [-0.15, -0.1) is 0 Å². The van der Waals surface area contributed by atoms with Gasteiger partial charge in [0, 0.05) is 17.8 Å². The molecule has 0 bridgehead atoms. The maximum absolute atomic E-state index is 12.1. The lowest BCUT2D eigenvalue weighted by atomic mass is 10.2. The molecule has 2 rings (SSSR count). The highest BCUT2D eigenvalue weighted by molar-refractivity contribution is 6.35. The fourth-order valence-electron chi connectivity index (χ4n) is 2.31. The molecule has 1 N–H and O–H groups in total. The Bertz CT molecular complexity index is 918. The summed E-state index contributed by atoms with van der Waals surface area (Å²) < 4.78 is 10.4. The van der Waals surface area contributed by atoms with E-state index in [9.17, 15) is 14.4 Å². The lowest BCUT2D eigenvalue weighted by Gasteiger charge is -2.18. The number of rotatable bonds is 8.